The minimum atomic E-state index is -0.355. The number of hydrogen-bond acceptors (Lipinski definition) is 3. The Balaban J connectivity index is 1.70. The van der Waals surface area contributed by atoms with E-state index in [2.05, 4.69) is 16.1 Å². The van der Waals surface area contributed by atoms with Gasteiger partial charge in [0.25, 0.3) is 0 Å². The van der Waals surface area contributed by atoms with Crippen molar-refractivity contribution in [2.75, 3.05) is 0 Å². The quantitative estimate of drug-likeness (QED) is 0.757. The third-order valence-corrected chi connectivity index (χ3v) is 5.27. The van der Waals surface area contributed by atoms with Crippen LogP contribution in [0.15, 0.2) is 42.6 Å². The highest BCUT2D eigenvalue weighted by molar-refractivity contribution is 5.67. The van der Waals surface area contributed by atoms with Gasteiger partial charge >= 0.3 is 0 Å². The Morgan fingerprint density at radius 2 is 2.04 bits per heavy atom. The Morgan fingerprint density at radius 3 is 2.77 bits per heavy atom. The summed E-state index contributed by atoms with van der Waals surface area (Å²) in [4.78, 5) is 4.52. The standard InChI is InChI=1S/C21H22FN3O/c1-25-18(12-20(24-25)14-4-2-5-14)11-15-6-3-9-23-21(15)19-8-7-17(22)10-16(19)13-26/h3,6-10,12,14,26H,2,4-5,11,13H2,1H3. The fourth-order valence-electron chi connectivity index (χ4n) is 3.54. The molecule has 0 unspecified atom stereocenters. The van der Waals surface area contributed by atoms with E-state index in [0.29, 0.717) is 17.9 Å². The second-order valence-electron chi connectivity index (χ2n) is 6.96. The van der Waals surface area contributed by atoms with Crippen LogP contribution >= 0.6 is 0 Å². The summed E-state index contributed by atoms with van der Waals surface area (Å²) in [6.45, 7) is -0.222. The summed E-state index contributed by atoms with van der Waals surface area (Å²) in [5.74, 6) is 0.244. The Bertz CT molecular complexity index is 931. The molecule has 2 aromatic heterocycles. The Morgan fingerprint density at radius 1 is 1.19 bits per heavy atom. The third kappa shape index (κ3) is 3.15. The van der Waals surface area contributed by atoms with Gasteiger partial charge in [-0.1, -0.05) is 12.5 Å². The van der Waals surface area contributed by atoms with Gasteiger partial charge in [0.1, 0.15) is 5.82 Å². The van der Waals surface area contributed by atoms with Crippen LogP contribution in [0.5, 0.6) is 0 Å². The average Bonchev–Trinajstić information content (AvgIpc) is 2.94. The van der Waals surface area contributed by atoms with Crippen molar-refractivity contribution < 1.29 is 9.50 Å². The highest BCUT2D eigenvalue weighted by atomic mass is 19.1. The van der Waals surface area contributed by atoms with Gasteiger partial charge in [-0.05, 0) is 54.3 Å². The minimum absolute atomic E-state index is 0.222. The molecule has 0 saturated heterocycles. The van der Waals surface area contributed by atoms with Gasteiger partial charge in [0.05, 0.1) is 18.0 Å². The van der Waals surface area contributed by atoms with Crippen LogP contribution in [0.25, 0.3) is 11.3 Å². The first-order chi connectivity index (χ1) is 12.7. The predicted molar refractivity (Wildman–Crippen MR) is 98.2 cm³/mol. The zero-order valence-corrected chi connectivity index (χ0v) is 14.8. The second-order valence-corrected chi connectivity index (χ2v) is 6.96. The number of aliphatic hydroxyl groups excluding tert-OH is 1. The molecule has 5 heteroatoms. The van der Waals surface area contributed by atoms with E-state index in [4.69, 9.17) is 0 Å². The molecule has 0 atom stereocenters. The molecule has 1 fully saturated rings. The molecule has 0 spiro atoms. The summed E-state index contributed by atoms with van der Waals surface area (Å²) in [7, 11) is 1.98. The van der Waals surface area contributed by atoms with Crippen LogP contribution in [0.1, 0.15) is 47.7 Å². The first kappa shape index (κ1) is 16.9. The normalized spacial score (nSPS) is 14.4. The molecular weight excluding hydrogens is 329 g/mol. The van der Waals surface area contributed by atoms with Gasteiger partial charge in [0.2, 0.25) is 0 Å². The Kier molecular flexibility index (Phi) is 4.55. The van der Waals surface area contributed by atoms with Gasteiger partial charge in [-0.25, -0.2) is 4.39 Å². The molecule has 0 radical (unpaired) electrons. The topological polar surface area (TPSA) is 50.9 Å². The van der Waals surface area contributed by atoms with Crippen molar-refractivity contribution in [3.63, 3.8) is 0 Å². The molecule has 1 aromatic carbocycles. The summed E-state index contributed by atoms with van der Waals surface area (Å²) < 4.78 is 15.5. The first-order valence-corrected chi connectivity index (χ1v) is 9.02. The van der Waals surface area contributed by atoms with E-state index < -0.39 is 0 Å². The van der Waals surface area contributed by atoms with Crippen LogP contribution in [0, 0.1) is 5.82 Å². The lowest BCUT2D eigenvalue weighted by Gasteiger charge is -2.22. The number of halogens is 1. The zero-order chi connectivity index (χ0) is 18.1. The third-order valence-electron chi connectivity index (χ3n) is 5.27. The summed E-state index contributed by atoms with van der Waals surface area (Å²) >= 11 is 0. The lowest BCUT2D eigenvalue weighted by atomic mass is 9.83. The van der Waals surface area contributed by atoms with E-state index >= 15 is 0 Å². The van der Waals surface area contributed by atoms with Crippen molar-refractivity contribution in [3.05, 3.63) is 70.9 Å². The summed E-state index contributed by atoms with van der Waals surface area (Å²) in [5, 5.41) is 14.3. The maximum absolute atomic E-state index is 13.5. The number of benzene rings is 1. The highest BCUT2D eigenvalue weighted by Crippen LogP contribution is 2.36. The number of pyridine rings is 1. The maximum atomic E-state index is 13.5. The van der Waals surface area contributed by atoms with Gasteiger partial charge < -0.3 is 5.11 Å². The molecular formula is C21H22FN3O. The first-order valence-electron chi connectivity index (χ1n) is 9.02. The van der Waals surface area contributed by atoms with Gasteiger partial charge in [-0.15, -0.1) is 0 Å². The molecule has 0 amide bonds. The molecule has 1 aliphatic carbocycles. The molecule has 1 N–H and O–H groups in total. The van der Waals surface area contributed by atoms with Crippen molar-refractivity contribution in [1.82, 2.24) is 14.8 Å². The van der Waals surface area contributed by atoms with Crippen molar-refractivity contribution in [2.45, 2.75) is 38.2 Å². The highest BCUT2D eigenvalue weighted by Gasteiger charge is 2.23. The van der Waals surface area contributed by atoms with Crippen LogP contribution in [-0.2, 0) is 20.1 Å². The van der Waals surface area contributed by atoms with E-state index in [9.17, 15) is 9.50 Å². The summed E-state index contributed by atoms with van der Waals surface area (Å²) in [5.41, 5.74) is 5.45. The van der Waals surface area contributed by atoms with Crippen molar-refractivity contribution in [3.8, 4) is 11.3 Å². The van der Waals surface area contributed by atoms with Gasteiger partial charge in [0, 0.05) is 36.8 Å². The van der Waals surface area contributed by atoms with E-state index in [-0.39, 0.29) is 12.4 Å². The SMILES string of the molecule is Cn1nc(C2CCC2)cc1Cc1cccnc1-c1ccc(F)cc1CO. The van der Waals surface area contributed by atoms with Crippen LogP contribution < -0.4 is 0 Å². The molecule has 1 saturated carbocycles. The van der Waals surface area contributed by atoms with E-state index in [0.717, 1.165) is 22.5 Å². The van der Waals surface area contributed by atoms with Crippen LogP contribution in [0.2, 0.25) is 0 Å². The maximum Gasteiger partial charge on any atom is 0.123 e. The number of aromatic nitrogens is 3. The lowest BCUT2D eigenvalue weighted by Crippen LogP contribution is -2.09. The van der Waals surface area contributed by atoms with Crippen molar-refractivity contribution in [2.24, 2.45) is 7.05 Å². The van der Waals surface area contributed by atoms with E-state index in [1.807, 2.05) is 23.9 Å². The number of aliphatic hydroxyl groups is 1. The van der Waals surface area contributed by atoms with Gasteiger partial charge in [0.15, 0.2) is 0 Å². The fraction of sp³-hybridized carbons (Fsp3) is 0.333. The number of rotatable bonds is 5. The van der Waals surface area contributed by atoms with Crippen molar-refractivity contribution in [1.29, 1.82) is 0 Å². The number of nitrogens with zero attached hydrogens (tertiary/aromatic N) is 3. The molecule has 0 aliphatic heterocycles. The molecule has 26 heavy (non-hydrogen) atoms. The van der Waals surface area contributed by atoms with Crippen LogP contribution in [0.3, 0.4) is 0 Å². The summed E-state index contributed by atoms with van der Waals surface area (Å²) in [6.07, 6.45) is 6.17. The van der Waals surface area contributed by atoms with Gasteiger partial charge in [-0.3, -0.25) is 9.67 Å². The van der Waals surface area contributed by atoms with Crippen molar-refractivity contribution >= 4 is 0 Å². The molecule has 1 aliphatic rings. The zero-order valence-electron chi connectivity index (χ0n) is 14.8. The molecule has 0 bridgehead atoms. The monoisotopic (exact) mass is 351 g/mol. The minimum Gasteiger partial charge on any atom is -0.392 e. The number of hydrogen-bond donors (Lipinski definition) is 1. The predicted octanol–water partition coefficient (Wildman–Crippen LogP) is 3.97. The molecule has 3 aromatic rings. The smallest absolute Gasteiger partial charge is 0.123 e. The van der Waals surface area contributed by atoms with E-state index in [1.54, 1.807) is 12.3 Å². The largest absolute Gasteiger partial charge is 0.392 e. The molecule has 4 rings (SSSR count). The van der Waals surface area contributed by atoms with Crippen LogP contribution in [0.4, 0.5) is 4.39 Å². The second kappa shape index (κ2) is 7.00. The molecule has 134 valence electrons. The fourth-order valence-corrected chi connectivity index (χ4v) is 3.54. The molecule has 2 heterocycles. The van der Waals surface area contributed by atoms with Crippen LogP contribution in [-0.4, -0.2) is 19.9 Å². The Hall–Kier alpha value is -2.53. The van der Waals surface area contributed by atoms with E-state index in [1.165, 1.54) is 37.1 Å². The number of aryl methyl sites for hydroxylation is 1. The Labute approximate surface area is 152 Å². The average molecular weight is 351 g/mol. The lowest BCUT2D eigenvalue weighted by molar-refractivity contribution is 0.281. The van der Waals surface area contributed by atoms with Gasteiger partial charge in [-0.2, -0.15) is 5.10 Å². The summed E-state index contributed by atoms with van der Waals surface area (Å²) in [6, 6.07) is 10.6. The molecule has 4 nitrogen and oxygen atoms in total.